The van der Waals surface area contributed by atoms with Gasteiger partial charge in [-0.1, -0.05) is 202 Å². The maximum Gasteiger partial charge on any atom is 0.159 e. The van der Waals surface area contributed by atoms with Crippen molar-refractivity contribution in [3.63, 3.8) is 0 Å². The molecule has 2 nitrogen and oxygen atoms in total. The summed E-state index contributed by atoms with van der Waals surface area (Å²) in [7, 11) is 0. The van der Waals surface area contributed by atoms with Gasteiger partial charge in [-0.3, -0.25) is 0 Å². The Kier molecular flexibility index (Phi) is 7.90. The molecule has 0 saturated heterocycles. The SMILES string of the molecule is CC1(C)c2ccccc2-c2ccc(N(c3ccc(-c4cccc5c4-c4ccccc4C5(c4ccccc4)c4ccccc4)cc3)c3cccc4c3oc3c5ccccc5ccc43)cc21. The maximum atomic E-state index is 7.03. The highest BCUT2D eigenvalue weighted by molar-refractivity contribution is 6.17. The van der Waals surface area contributed by atoms with Gasteiger partial charge in [0.1, 0.15) is 5.58 Å². The van der Waals surface area contributed by atoms with Gasteiger partial charge in [-0.2, -0.15) is 0 Å². The van der Waals surface area contributed by atoms with E-state index in [0.29, 0.717) is 0 Å². The molecule has 64 heavy (non-hydrogen) atoms. The minimum atomic E-state index is -0.460. The van der Waals surface area contributed by atoms with Gasteiger partial charge in [0.05, 0.1) is 11.1 Å². The van der Waals surface area contributed by atoms with Crippen molar-refractivity contribution in [3.05, 3.63) is 258 Å². The van der Waals surface area contributed by atoms with Crippen molar-refractivity contribution in [2.75, 3.05) is 4.90 Å². The van der Waals surface area contributed by atoms with Crippen LogP contribution < -0.4 is 4.90 Å². The minimum Gasteiger partial charge on any atom is -0.453 e. The average Bonchev–Trinajstić information content (AvgIpc) is 3.97. The van der Waals surface area contributed by atoms with Crippen LogP contribution in [0.1, 0.15) is 47.2 Å². The molecule has 0 aliphatic heterocycles. The summed E-state index contributed by atoms with van der Waals surface area (Å²) in [6, 6.07) is 82.6. The molecular formula is C62H43NO. The zero-order valence-electron chi connectivity index (χ0n) is 35.7. The first-order chi connectivity index (χ1) is 31.5. The van der Waals surface area contributed by atoms with Gasteiger partial charge in [0.15, 0.2) is 5.58 Å². The van der Waals surface area contributed by atoms with E-state index in [1.54, 1.807) is 0 Å². The third-order valence-electron chi connectivity index (χ3n) is 14.4. The molecule has 0 bridgehead atoms. The first-order valence-electron chi connectivity index (χ1n) is 22.3. The van der Waals surface area contributed by atoms with Crippen molar-refractivity contribution in [3.8, 4) is 33.4 Å². The lowest BCUT2D eigenvalue weighted by atomic mass is 9.67. The predicted molar refractivity (Wildman–Crippen MR) is 266 cm³/mol. The molecular weight excluding hydrogens is 775 g/mol. The van der Waals surface area contributed by atoms with E-state index < -0.39 is 5.41 Å². The third kappa shape index (κ3) is 5.08. The number of fused-ring (bicyclic) bond motifs is 11. The first-order valence-corrected chi connectivity index (χ1v) is 22.3. The number of nitrogens with zero attached hydrogens (tertiary/aromatic N) is 1. The van der Waals surface area contributed by atoms with Gasteiger partial charge < -0.3 is 9.32 Å². The van der Waals surface area contributed by atoms with Gasteiger partial charge >= 0.3 is 0 Å². The zero-order valence-corrected chi connectivity index (χ0v) is 35.7. The Morgan fingerprint density at radius 3 is 1.73 bits per heavy atom. The quantitative estimate of drug-likeness (QED) is 0.166. The Labute approximate surface area is 373 Å². The number of anilines is 3. The molecule has 2 aliphatic carbocycles. The van der Waals surface area contributed by atoms with E-state index in [1.807, 2.05) is 0 Å². The Balaban J connectivity index is 1.01. The van der Waals surface area contributed by atoms with Gasteiger partial charge in [0.25, 0.3) is 0 Å². The Hall–Kier alpha value is -7.94. The fourth-order valence-electron chi connectivity index (χ4n) is 11.5. The van der Waals surface area contributed by atoms with E-state index in [4.69, 9.17) is 4.42 Å². The van der Waals surface area contributed by atoms with Crippen LogP contribution in [0.4, 0.5) is 17.1 Å². The van der Waals surface area contributed by atoms with Gasteiger partial charge in [-0.05, 0) is 109 Å². The molecule has 0 radical (unpaired) electrons. The van der Waals surface area contributed by atoms with Crippen LogP contribution in [0.2, 0.25) is 0 Å². The van der Waals surface area contributed by atoms with Crippen LogP contribution >= 0.6 is 0 Å². The van der Waals surface area contributed by atoms with Crippen molar-refractivity contribution in [1.82, 2.24) is 0 Å². The normalized spacial score (nSPS) is 14.0. The molecule has 10 aromatic carbocycles. The summed E-state index contributed by atoms with van der Waals surface area (Å²) < 4.78 is 7.03. The van der Waals surface area contributed by atoms with E-state index in [0.717, 1.165) is 44.4 Å². The molecule has 0 amide bonds. The molecule has 1 aromatic heterocycles. The second-order valence-corrected chi connectivity index (χ2v) is 18.0. The van der Waals surface area contributed by atoms with Crippen molar-refractivity contribution in [2.24, 2.45) is 0 Å². The van der Waals surface area contributed by atoms with Crippen molar-refractivity contribution < 1.29 is 4.42 Å². The van der Waals surface area contributed by atoms with Crippen LogP contribution in [-0.2, 0) is 10.8 Å². The lowest BCUT2D eigenvalue weighted by molar-refractivity contribution is 0.660. The molecule has 2 aliphatic rings. The summed E-state index contributed by atoms with van der Waals surface area (Å²) in [6.07, 6.45) is 0. The summed E-state index contributed by atoms with van der Waals surface area (Å²) in [4.78, 5) is 2.40. The van der Waals surface area contributed by atoms with Crippen molar-refractivity contribution in [1.29, 1.82) is 0 Å². The summed E-state index contributed by atoms with van der Waals surface area (Å²) in [6.45, 7) is 4.71. The molecule has 1 heterocycles. The standard InChI is InChI=1S/C62H43NO/c1-61(2)53-27-13-11-23-48(53)49-38-36-45(39-56(49)61)63(57-30-16-26-50-51-37-33-40-17-9-10-22-47(40)59(51)64-60(50)57)44-34-31-41(32-35-44)46-25-15-29-55-58(46)52-24-12-14-28-54(52)62(55,42-18-5-3-6-19-42)43-20-7-4-8-21-43/h3-39H,1-2H3. The van der Waals surface area contributed by atoms with Gasteiger partial charge in [0, 0.05) is 32.9 Å². The summed E-state index contributed by atoms with van der Waals surface area (Å²) in [5.41, 5.74) is 19.8. The average molecular weight is 818 g/mol. The van der Waals surface area contributed by atoms with Crippen LogP contribution in [0.5, 0.6) is 0 Å². The predicted octanol–water partition coefficient (Wildman–Crippen LogP) is 16.5. The summed E-state index contributed by atoms with van der Waals surface area (Å²) in [5, 5.41) is 4.52. The second kappa shape index (κ2) is 13.8. The van der Waals surface area contributed by atoms with E-state index in [-0.39, 0.29) is 5.41 Å². The number of hydrogen-bond acceptors (Lipinski definition) is 2. The number of rotatable bonds is 6. The van der Waals surface area contributed by atoms with Crippen LogP contribution in [-0.4, -0.2) is 0 Å². The number of para-hydroxylation sites is 1. The van der Waals surface area contributed by atoms with Gasteiger partial charge in [0.2, 0.25) is 0 Å². The minimum absolute atomic E-state index is 0.152. The lowest BCUT2D eigenvalue weighted by Gasteiger charge is -2.34. The highest BCUT2D eigenvalue weighted by atomic mass is 16.3. The molecule has 0 atom stereocenters. The Morgan fingerprint density at radius 2 is 0.953 bits per heavy atom. The molecule has 302 valence electrons. The van der Waals surface area contributed by atoms with Crippen LogP contribution in [0.3, 0.4) is 0 Å². The van der Waals surface area contributed by atoms with E-state index >= 15 is 0 Å². The topological polar surface area (TPSA) is 16.4 Å². The number of furan rings is 1. The number of hydrogen-bond donors (Lipinski definition) is 0. The smallest absolute Gasteiger partial charge is 0.159 e. The van der Waals surface area contributed by atoms with Crippen LogP contribution in [0.15, 0.2) is 229 Å². The summed E-state index contributed by atoms with van der Waals surface area (Å²) in [5.74, 6) is 0. The molecule has 0 unspecified atom stereocenters. The lowest BCUT2D eigenvalue weighted by Crippen LogP contribution is -2.28. The van der Waals surface area contributed by atoms with Gasteiger partial charge in [-0.15, -0.1) is 0 Å². The van der Waals surface area contributed by atoms with Gasteiger partial charge in [-0.25, -0.2) is 0 Å². The number of benzene rings is 10. The Bertz CT molecular complexity index is 3590. The highest BCUT2D eigenvalue weighted by Crippen LogP contribution is 2.58. The van der Waals surface area contributed by atoms with E-state index in [2.05, 4.69) is 243 Å². The molecule has 11 aromatic rings. The van der Waals surface area contributed by atoms with E-state index in [9.17, 15) is 0 Å². The van der Waals surface area contributed by atoms with Crippen molar-refractivity contribution in [2.45, 2.75) is 24.7 Å². The largest absolute Gasteiger partial charge is 0.453 e. The van der Waals surface area contributed by atoms with Crippen LogP contribution in [0, 0.1) is 0 Å². The monoisotopic (exact) mass is 817 g/mol. The Morgan fingerprint density at radius 1 is 0.375 bits per heavy atom. The molecule has 0 spiro atoms. The van der Waals surface area contributed by atoms with Crippen LogP contribution in [0.25, 0.3) is 66.1 Å². The first kappa shape index (κ1) is 36.7. The highest BCUT2D eigenvalue weighted by Gasteiger charge is 2.46. The molecule has 2 heteroatoms. The maximum absolute atomic E-state index is 7.03. The molecule has 13 rings (SSSR count). The fraction of sp³-hybridized carbons (Fsp3) is 0.0645. The molecule has 0 N–H and O–H groups in total. The zero-order chi connectivity index (χ0) is 42.6. The molecule has 0 fully saturated rings. The summed E-state index contributed by atoms with van der Waals surface area (Å²) >= 11 is 0. The van der Waals surface area contributed by atoms with E-state index in [1.165, 1.54) is 72.1 Å². The van der Waals surface area contributed by atoms with Crippen molar-refractivity contribution >= 4 is 49.8 Å². The second-order valence-electron chi connectivity index (χ2n) is 18.0. The fourth-order valence-corrected chi connectivity index (χ4v) is 11.5. The molecule has 0 saturated carbocycles. The third-order valence-corrected chi connectivity index (χ3v) is 14.4.